The minimum Gasteiger partial charge on any atom is -0.325 e. The van der Waals surface area contributed by atoms with Gasteiger partial charge in [0.2, 0.25) is 0 Å². The second-order valence-corrected chi connectivity index (χ2v) is 5.72. The summed E-state index contributed by atoms with van der Waals surface area (Å²) in [5.74, 6) is 0. The van der Waals surface area contributed by atoms with E-state index in [1.807, 2.05) is 19.1 Å². The van der Waals surface area contributed by atoms with Crippen LogP contribution in [0.2, 0.25) is 0 Å². The highest BCUT2D eigenvalue weighted by atomic mass is 32.2. The van der Waals surface area contributed by atoms with E-state index in [0.717, 1.165) is 5.56 Å². The number of aromatic nitrogens is 1. The Kier molecular flexibility index (Phi) is 3.82. The van der Waals surface area contributed by atoms with Gasteiger partial charge in [0.15, 0.2) is 0 Å². The summed E-state index contributed by atoms with van der Waals surface area (Å²) in [5, 5.41) is 0. The number of hydrogen-bond acceptors (Lipinski definition) is 4. The minimum absolute atomic E-state index is 0.0743. The molecule has 2 rings (SSSR count). The lowest BCUT2D eigenvalue weighted by molar-refractivity contribution is 0.599. The Morgan fingerprint density at radius 2 is 1.95 bits per heavy atom. The van der Waals surface area contributed by atoms with Crippen LogP contribution in [0.4, 0.5) is 5.69 Å². The molecule has 0 atom stereocenters. The fraction of sp³-hybridized carbons (Fsp3) is 0.154. The van der Waals surface area contributed by atoms with E-state index in [1.165, 1.54) is 12.3 Å². The van der Waals surface area contributed by atoms with Crippen molar-refractivity contribution in [2.24, 2.45) is 5.73 Å². The number of nitrogens with zero attached hydrogens (tertiary/aromatic N) is 1. The molecule has 0 radical (unpaired) electrons. The van der Waals surface area contributed by atoms with Gasteiger partial charge in [-0.25, -0.2) is 8.42 Å². The predicted octanol–water partition coefficient (Wildman–Crippen LogP) is 1.65. The first-order chi connectivity index (χ1) is 9.04. The lowest BCUT2D eigenvalue weighted by atomic mass is 10.2. The number of nitrogens with one attached hydrogen (secondary N) is 1. The molecule has 0 amide bonds. The molecule has 0 fully saturated rings. The van der Waals surface area contributed by atoms with Crippen LogP contribution in [0.1, 0.15) is 11.3 Å². The number of para-hydroxylation sites is 1. The molecule has 6 heteroatoms. The average Bonchev–Trinajstić information content (AvgIpc) is 2.41. The zero-order chi connectivity index (χ0) is 13.9. The van der Waals surface area contributed by atoms with E-state index in [2.05, 4.69) is 9.71 Å². The topological polar surface area (TPSA) is 85.1 Å². The molecule has 0 saturated heterocycles. The van der Waals surface area contributed by atoms with Crippen LogP contribution >= 0.6 is 0 Å². The molecule has 0 aliphatic carbocycles. The highest BCUT2D eigenvalue weighted by molar-refractivity contribution is 7.92. The maximum absolute atomic E-state index is 12.3. The molecule has 1 aromatic heterocycles. The molecule has 0 saturated carbocycles. The number of hydrogen-bond donors (Lipinski definition) is 2. The van der Waals surface area contributed by atoms with Gasteiger partial charge in [0.25, 0.3) is 10.0 Å². The summed E-state index contributed by atoms with van der Waals surface area (Å²) < 4.78 is 27.2. The molecule has 0 aliphatic heterocycles. The molecule has 1 heterocycles. The average molecular weight is 277 g/mol. The van der Waals surface area contributed by atoms with Crippen molar-refractivity contribution in [3.8, 4) is 0 Å². The van der Waals surface area contributed by atoms with Crippen LogP contribution in [0.5, 0.6) is 0 Å². The van der Waals surface area contributed by atoms with E-state index in [0.29, 0.717) is 11.4 Å². The fourth-order valence-corrected chi connectivity index (χ4v) is 3.04. The van der Waals surface area contributed by atoms with E-state index in [4.69, 9.17) is 5.73 Å². The molecule has 0 unspecified atom stereocenters. The van der Waals surface area contributed by atoms with Crippen LogP contribution in [0, 0.1) is 6.92 Å². The molecule has 0 aliphatic rings. The Hall–Kier alpha value is -1.92. The van der Waals surface area contributed by atoms with Gasteiger partial charge in [-0.3, -0.25) is 9.71 Å². The smallest absolute Gasteiger partial charge is 0.263 e. The van der Waals surface area contributed by atoms with Gasteiger partial charge in [0.05, 0.1) is 11.4 Å². The summed E-state index contributed by atoms with van der Waals surface area (Å²) in [5.41, 5.74) is 7.27. The van der Waals surface area contributed by atoms with Gasteiger partial charge < -0.3 is 5.73 Å². The van der Waals surface area contributed by atoms with Crippen LogP contribution in [0.25, 0.3) is 0 Å². The Bertz CT molecular complexity index is 684. The van der Waals surface area contributed by atoms with Gasteiger partial charge >= 0.3 is 0 Å². The lowest BCUT2D eigenvalue weighted by Crippen LogP contribution is -2.17. The summed E-state index contributed by atoms with van der Waals surface area (Å²) in [6.07, 6.45) is 1.52. The van der Waals surface area contributed by atoms with Crippen molar-refractivity contribution < 1.29 is 8.42 Å². The normalized spacial score (nSPS) is 11.3. The van der Waals surface area contributed by atoms with Crippen molar-refractivity contribution in [2.45, 2.75) is 18.4 Å². The summed E-state index contributed by atoms with van der Waals surface area (Å²) in [7, 11) is -3.67. The van der Waals surface area contributed by atoms with Crippen molar-refractivity contribution in [1.29, 1.82) is 0 Å². The molecular formula is C13H15N3O2S. The largest absolute Gasteiger partial charge is 0.325 e. The monoisotopic (exact) mass is 277 g/mol. The van der Waals surface area contributed by atoms with E-state index < -0.39 is 10.0 Å². The minimum atomic E-state index is -3.67. The number of benzene rings is 1. The van der Waals surface area contributed by atoms with Gasteiger partial charge in [-0.1, -0.05) is 18.2 Å². The van der Waals surface area contributed by atoms with Gasteiger partial charge in [-0.15, -0.1) is 0 Å². The van der Waals surface area contributed by atoms with Crippen LogP contribution in [0.15, 0.2) is 47.5 Å². The Morgan fingerprint density at radius 1 is 1.21 bits per heavy atom. The van der Waals surface area contributed by atoms with Crippen molar-refractivity contribution in [2.75, 3.05) is 4.72 Å². The molecular weight excluding hydrogens is 262 g/mol. The Balaban J connectivity index is 2.41. The molecule has 5 nitrogen and oxygen atoms in total. The van der Waals surface area contributed by atoms with Gasteiger partial charge in [-0.2, -0.15) is 0 Å². The van der Waals surface area contributed by atoms with Gasteiger partial charge in [0.1, 0.15) is 4.90 Å². The summed E-state index contributed by atoms with van der Waals surface area (Å²) in [4.78, 5) is 4.10. The Morgan fingerprint density at radius 3 is 2.63 bits per heavy atom. The SMILES string of the molecule is Cc1ccccc1NS(=O)(=O)c1cccnc1CN. The molecule has 0 bridgehead atoms. The van der Waals surface area contributed by atoms with Crippen LogP contribution in [-0.2, 0) is 16.6 Å². The molecule has 3 N–H and O–H groups in total. The van der Waals surface area contributed by atoms with Crippen LogP contribution in [0.3, 0.4) is 0 Å². The number of nitrogens with two attached hydrogens (primary N) is 1. The zero-order valence-corrected chi connectivity index (χ0v) is 11.3. The fourth-order valence-electron chi connectivity index (χ4n) is 1.71. The maximum Gasteiger partial charge on any atom is 0.263 e. The summed E-state index contributed by atoms with van der Waals surface area (Å²) in [6.45, 7) is 1.91. The Labute approximate surface area is 112 Å². The number of aryl methyl sites for hydroxylation is 1. The number of anilines is 1. The quantitative estimate of drug-likeness (QED) is 0.889. The third kappa shape index (κ3) is 2.91. The first-order valence-electron chi connectivity index (χ1n) is 5.77. The lowest BCUT2D eigenvalue weighted by Gasteiger charge is -2.12. The summed E-state index contributed by atoms with van der Waals surface area (Å²) >= 11 is 0. The summed E-state index contributed by atoms with van der Waals surface area (Å²) in [6, 6.07) is 10.2. The molecule has 100 valence electrons. The second-order valence-electron chi connectivity index (χ2n) is 4.07. The second kappa shape index (κ2) is 5.38. The zero-order valence-electron chi connectivity index (χ0n) is 10.5. The van der Waals surface area contributed by atoms with Crippen LogP contribution in [-0.4, -0.2) is 13.4 Å². The van der Waals surface area contributed by atoms with E-state index in [1.54, 1.807) is 18.2 Å². The number of pyridine rings is 1. The first kappa shape index (κ1) is 13.5. The van der Waals surface area contributed by atoms with Crippen LogP contribution < -0.4 is 10.5 Å². The van der Waals surface area contributed by atoms with Crippen molar-refractivity contribution >= 4 is 15.7 Å². The molecule has 2 aromatic rings. The van der Waals surface area contributed by atoms with Crippen molar-refractivity contribution in [3.63, 3.8) is 0 Å². The van der Waals surface area contributed by atoms with Gasteiger partial charge in [-0.05, 0) is 30.7 Å². The van der Waals surface area contributed by atoms with E-state index >= 15 is 0 Å². The molecule has 19 heavy (non-hydrogen) atoms. The molecule has 0 spiro atoms. The highest BCUT2D eigenvalue weighted by Gasteiger charge is 2.19. The first-order valence-corrected chi connectivity index (χ1v) is 7.25. The van der Waals surface area contributed by atoms with E-state index in [-0.39, 0.29) is 11.4 Å². The molecule has 1 aromatic carbocycles. The third-order valence-electron chi connectivity index (χ3n) is 2.72. The number of sulfonamides is 1. The van der Waals surface area contributed by atoms with Crippen molar-refractivity contribution in [1.82, 2.24) is 4.98 Å². The van der Waals surface area contributed by atoms with Crippen molar-refractivity contribution in [3.05, 3.63) is 53.9 Å². The maximum atomic E-state index is 12.3. The predicted molar refractivity (Wildman–Crippen MR) is 74.1 cm³/mol. The van der Waals surface area contributed by atoms with Gasteiger partial charge in [0, 0.05) is 12.7 Å². The third-order valence-corrected chi connectivity index (χ3v) is 4.16. The number of rotatable bonds is 4. The van der Waals surface area contributed by atoms with E-state index in [9.17, 15) is 8.42 Å². The highest BCUT2D eigenvalue weighted by Crippen LogP contribution is 2.20. The standard InChI is InChI=1S/C13H15N3O2S/c1-10-5-2-3-6-11(10)16-19(17,18)13-7-4-8-15-12(13)9-14/h2-8,16H,9,14H2,1H3.